The summed E-state index contributed by atoms with van der Waals surface area (Å²) in [6.45, 7) is 1.17. The highest BCUT2D eigenvalue weighted by Gasteiger charge is 2.29. The van der Waals surface area contributed by atoms with Gasteiger partial charge in [-0.05, 0) is 30.3 Å². The van der Waals surface area contributed by atoms with Crippen LogP contribution in [0.4, 0.5) is 14.5 Å². The maximum absolute atomic E-state index is 13.9. The second-order valence-electron chi connectivity index (χ2n) is 5.44. The van der Waals surface area contributed by atoms with Gasteiger partial charge < -0.3 is 4.90 Å². The molecule has 3 rings (SSSR count). The Balaban J connectivity index is 1.75. The van der Waals surface area contributed by atoms with Crippen LogP contribution in [0, 0.1) is 11.6 Å². The van der Waals surface area contributed by atoms with Crippen LogP contribution in [0.3, 0.4) is 0 Å². The van der Waals surface area contributed by atoms with Crippen molar-refractivity contribution >= 4 is 31.6 Å². The zero-order chi connectivity index (χ0) is 17.3. The number of benzene rings is 2. The van der Waals surface area contributed by atoms with Crippen LogP contribution in [0.2, 0.25) is 0 Å². The van der Waals surface area contributed by atoms with Crippen LogP contribution >= 0.6 is 15.9 Å². The molecular formula is C16H15BrF2N2O2S. The van der Waals surface area contributed by atoms with Crippen molar-refractivity contribution in [1.82, 2.24) is 4.31 Å². The molecule has 0 radical (unpaired) electrons. The molecule has 1 saturated heterocycles. The molecule has 2 aromatic rings. The van der Waals surface area contributed by atoms with Crippen molar-refractivity contribution < 1.29 is 17.2 Å². The van der Waals surface area contributed by atoms with E-state index in [9.17, 15) is 17.2 Å². The van der Waals surface area contributed by atoms with Crippen molar-refractivity contribution in [3.63, 3.8) is 0 Å². The maximum atomic E-state index is 13.9. The molecule has 0 atom stereocenters. The third kappa shape index (κ3) is 3.45. The second kappa shape index (κ2) is 6.78. The standard InChI is InChI=1S/C16H15BrF2N2O2S/c17-12-2-1-3-14(10-12)24(22,23)21-8-6-20(7-9-21)16-5-4-13(18)11-15(16)19/h1-5,10-11H,6-9H2. The van der Waals surface area contributed by atoms with E-state index in [0.717, 1.165) is 6.07 Å². The SMILES string of the molecule is O=S(=O)(c1cccc(Br)c1)N1CCN(c2ccc(F)cc2F)CC1. The van der Waals surface area contributed by atoms with Gasteiger partial charge in [0.15, 0.2) is 0 Å². The number of hydrogen-bond donors (Lipinski definition) is 0. The molecule has 24 heavy (non-hydrogen) atoms. The summed E-state index contributed by atoms with van der Waals surface area (Å²) in [5.41, 5.74) is 0.288. The first kappa shape index (κ1) is 17.3. The van der Waals surface area contributed by atoms with Crippen molar-refractivity contribution in [2.75, 3.05) is 31.1 Å². The average Bonchev–Trinajstić information content (AvgIpc) is 2.55. The first-order chi connectivity index (χ1) is 11.4. The van der Waals surface area contributed by atoms with Crippen LogP contribution in [0.25, 0.3) is 0 Å². The molecule has 0 amide bonds. The normalized spacial score (nSPS) is 16.4. The zero-order valence-electron chi connectivity index (χ0n) is 12.6. The number of nitrogens with zero attached hydrogens (tertiary/aromatic N) is 2. The molecule has 0 aliphatic carbocycles. The Labute approximate surface area is 147 Å². The zero-order valence-corrected chi connectivity index (χ0v) is 15.0. The van der Waals surface area contributed by atoms with Crippen molar-refractivity contribution in [3.8, 4) is 0 Å². The van der Waals surface area contributed by atoms with E-state index in [0.29, 0.717) is 17.6 Å². The van der Waals surface area contributed by atoms with Gasteiger partial charge in [-0.2, -0.15) is 4.31 Å². The van der Waals surface area contributed by atoms with Crippen molar-refractivity contribution in [1.29, 1.82) is 0 Å². The van der Waals surface area contributed by atoms with Gasteiger partial charge in [-0.15, -0.1) is 0 Å². The number of piperazine rings is 1. The van der Waals surface area contributed by atoms with E-state index in [4.69, 9.17) is 0 Å². The van der Waals surface area contributed by atoms with Gasteiger partial charge in [-0.25, -0.2) is 17.2 Å². The minimum Gasteiger partial charge on any atom is -0.367 e. The lowest BCUT2D eigenvalue weighted by Gasteiger charge is -2.35. The summed E-state index contributed by atoms with van der Waals surface area (Å²) < 4.78 is 54.2. The van der Waals surface area contributed by atoms with E-state index in [2.05, 4.69) is 15.9 Å². The van der Waals surface area contributed by atoms with E-state index in [-0.39, 0.29) is 23.7 Å². The predicted octanol–water partition coefficient (Wildman–Crippen LogP) is 3.24. The fourth-order valence-corrected chi connectivity index (χ4v) is 4.70. The van der Waals surface area contributed by atoms with Gasteiger partial charge in [0.25, 0.3) is 0 Å². The van der Waals surface area contributed by atoms with Gasteiger partial charge >= 0.3 is 0 Å². The smallest absolute Gasteiger partial charge is 0.243 e. The van der Waals surface area contributed by atoms with Gasteiger partial charge in [-0.3, -0.25) is 0 Å². The largest absolute Gasteiger partial charge is 0.367 e. The molecule has 1 aliphatic rings. The maximum Gasteiger partial charge on any atom is 0.243 e. The Morgan fingerprint density at radius 3 is 2.29 bits per heavy atom. The predicted molar refractivity (Wildman–Crippen MR) is 91.5 cm³/mol. The lowest BCUT2D eigenvalue weighted by Crippen LogP contribution is -2.48. The third-order valence-corrected chi connectivity index (χ3v) is 6.31. The summed E-state index contributed by atoms with van der Waals surface area (Å²) in [4.78, 5) is 1.94. The van der Waals surface area contributed by atoms with Crippen LogP contribution in [0.5, 0.6) is 0 Å². The number of hydrogen-bond acceptors (Lipinski definition) is 3. The molecule has 128 valence electrons. The van der Waals surface area contributed by atoms with Crippen molar-refractivity contribution in [3.05, 3.63) is 58.6 Å². The minimum atomic E-state index is -3.58. The third-order valence-electron chi connectivity index (χ3n) is 3.92. The van der Waals surface area contributed by atoms with Gasteiger partial charge in [-0.1, -0.05) is 22.0 Å². The molecule has 1 fully saturated rings. The van der Waals surface area contributed by atoms with Crippen LogP contribution in [-0.2, 0) is 10.0 Å². The molecular weight excluding hydrogens is 402 g/mol. The summed E-state index contributed by atoms with van der Waals surface area (Å²) in [6, 6.07) is 9.94. The molecule has 1 aliphatic heterocycles. The summed E-state index contributed by atoms with van der Waals surface area (Å²) in [5.74, 6) is -1.27. The Morgan fingerprint density at radius 1 is 0.958 bits per heavy atom. The Kier molecular flexibility index (Phi) is 4.89. The highest BCUT2D eigenvalue weighted by Crippen LogP contribution is 2.25. The Morgan fingerprint density at radius 2 is 1.67 bits per heavy atom. The molecule has 8 heteroatoms. The van der Waals surface area contributed by atoms with E-state index in [1.165, 1.54) is 16.4 Å². The fourth-order valence-electron chi connectivity index (χ4n) is 2.68. The minimum absolute atomic E-state index is 0.221. The molecule has 2 aromatic carbocycles. The van der Waals surface area contributed by atoms with Crippen LogP contribution in [0.15, 0.2) is 51.8 Å². The molecule has 0 spiro atoms. The van der Waals surface area contributed by atoms with Gasteiger partial charge in [0.05, 0.1) is 10.6 Å². The highest BCUT2D eigenvalue weighted by molar-refractivity contribution is 9.10. The Bertz CT molecular complexity index is 853. The number of rotatable bonds is 3. The highest BCUT2D eigenvalue weighted by atomic mass is 79.9. The fraction of sp³-hybridized carbons (Fsp3) is 0.250. The lowest BCUT2D eigenvalue weighted by molar-refractivity contribution is 0.383. The second-order valence-corrected chi connectivity index (χ2v) is 8.30. The van der Waals surface area contributed by atoms with Crippen LogP contribution in [0.1, 0.15) is 0 Å². The quantitative estimate of drug-likeness (QED) is 0.770. The Hall–Kier alpha value is -1.51. The summed E-state index contributed by atoms with van der Waals surface area (Å²) >= 11 is 3.27. The number of anilines is 1. The van der Waals surface area contributed by atoms with Gasteiger partial charge in [0.2, 0.25) is 10.0 Å². The van der Waals surface area contributed by atoms with E-state index in [1.54, 1.807) is 29.2 Å². The molecule has 1 heterocycles. The van der Waals surface area contributed by atoms with E-state index in [1.807, 2.05) is 0 Å². The number of halogens is 3. The molecule has 0 unspecified atom stereocenters. The molecule has 4 nitrogen and oxygen atoms in total. The average molecular weight is 417 g/mol. The van der Waals surface area contributed by atoms with Crippen LogP contribution in [-0.4, -0.2) is 38.9 Å². The summed E-state index contributed by atoms with van der Waals surface area (Å²) in [5, 5.41) is 0. The summed E-state index contributed by atoms with van der Waals surface area (Å²) in [6.07, 6.45) is 0. The topological polar surface area (TPSA) is 40.6 Å². The van der Waals surface area contributed by atoms with Crippen molar-refractivity contribution in [2.45, 2.75) is 4.90 Å². The van der Waals surface area contributed by atoms with E-state index >= 15 is 0 Å². The van der Waals surface area contributed by atoms with Gasteiger partial charge in [0, 0.05) is 36.7 Å². The lowest BCUT2D eigenvalue weighted by atomic mass is 10.2. The van der Waals surface area contributed by atoms with E-state index < -0.39 is 21.7 Å². The van der Waals surface area contributed by atoms with Crippen molar-refractivity contribution in [2.24, 2.45) is 0 Å². The first-order valence-electron chi connectivity index (χ1n) is 7.33. The monoisotopic (exact) mass is 416 g/mol. The molecule has 0 saturated carbocycles. The van der Waals surface area contributed by atoms with Crippen LogP contribution < -0.4 is 4.90 Å². The molecule has 0 bridgehead atoms. The van der Waals surface area contributed by atoms with Gasteiger partial charge in [0.1, 0.15) is 11.6 Å². The first-order valence-corrected chi connectivity index (χ1v) is 9.57. The summed E-state index contributed by atoms with van der Waals surface area (Å²) in [7, 11) is -3.58. The number of sulfonamides is 1. The molecule has 0 N–H and O–H groups in total. The molecule has 0 aromatic heterocycles.